The number of benzene rings is 2. The van der Waals surface area contributed by atoms with Crippen LogP contribution in [0.4, 0.5) is 18.9 Å². The molecule has 2 aromatic carbocycles. The smallest absolute Gasteiger partial charge is 0.417 e. The van der Waals surface area contributed by atoms with Crippen LogP contribution in [-0.4, -0.2) is 18.3 Å². The van der Waals surface area contributed by atoms with E-state index in [4.69, 9.17) is 27.9 Å². The van der Waals surface area contributed by atoms with Crippen molar-refractivity contribution in [3.05, 3.63) is 58.6 Å². The van der Waals surface area contributed by atoms with Crippen LogP contribution in [0, 0.1) is 0 Å². The number of rotatable bonds is 6. The molecule has 0 atom stereocenters. The maximum absolute atomic E-state index is 12.8. The fourth-order valence-electron chi connectivity index (χ4n) is 2.07. The summed E-state index contributed by atoms with van der Waals surface area (Å²) in [6.07, 6.45) is -4.63. The first-order chi connectivity index (χ1) is 12.7. The molecule has 2 rings (SSSR count). The van der Waals surface area contributed by atoms with Crippen LogP contribution in [0.3, 0.4) is 0 Å². The van der Waals surface area contributed by atoms with E-state index in [0.717, 1.165) is 12.1 Å². The standard InChI is InChI=1S/C16H15ClF3N5O2/c17-13-5-4-10(7-12(13)16(18,19)20)23-14(26)8-27-11-3-1-2-9(6-11)15(21)24-25-22/h1-7,25H,8,22H2,(H2,21,24)(H,23,26)/p+1. The maximum atomic E-state index is 12.8. The van der Waals surface area contributed by atoms with Crippen molar-refractivity contribution in [2.24, 2.45) is 11.6 Å². The second-order valence-corrected chi connectivity index (χ2v) is 5.65. The molecule has 0 aliphatic rings. The van der Waals surface area contributed by atoms with Crippen molar-refractivity contribution in [3.63, 3.8) is 0 Å². The molecule has 0 unspecified atom stereocenters. The van der Waals surface area contributed by atoms with Gasteiger partial charge in [-0.3, -0.25) is 10.5 Å². The number of alkyl halides is 3. The number of carbonyl (C=O) groups is 1. The zero-order chi connectivity index (χ0) is 20.0. The van der Waals surface area contributed by atoms with E-state index in [-0.39, 0.29) is 11.5 Å². The van der Waals surface area contributed by atoms with E-state index in [2.05, 4.69) is 16.0 Å². The number of hydrogen-bond donors (Lipinski definition) is 5. The molecular formula is C16H16ClF3N5O2+. The summed E-state index contributed by atoms with van der Waals surface area (Å²) in [6.45, 7) is -0.421. The predicted octanol–water partition coefficient (Wildman–Crippen LogP) is 0.541. The van der Waals surface area contributed by atoms with Gasteiger partial charge >= 0.3 is 6.18 Å². The molecular weight excluding hydrogens is 387 g/mol. The molecule has 0 heterocycles. The number of nitrogen functional groups attached to an aromatic ring is 1. The normalized spacial score (nSPS) is 11.8. The summed E-state index contributed by atoms with van der Waals surface area (Å²) in [5.74, 6) is 5.01. The second-order valence-electron chi connectivity index (χ2n) is 5.24. The van der Waals surface area contributed by atoms with Crippen LogP contribution in [0.2, 0.25) is 5.02 Å². The number of hydrazine groups is 2. The number of amidine groups is 1. The SMILES string of the molecule is NN/[NH+]=C(\N)c1cccc(OCC(=O)Nc2ccc(Cl)c(C(F)(F)F)c2)c1. The third-order valence-electron chi connectivity index (χ3n) is 3.28. The van der Waals surface area contributed by atoms with E-state index in [9.17, 15) is 18.0 Å². The van der Waals surface area contributed by atoms with Gasteiger partial charge in [-0.2, -0.15) is 23.8 Å². The summed E-state index contributed by atoms with van der Waals surface area (Å²) in [5.41, 5.74) is 7.36. The molecule has 0 spiro atoms. The number of nitrogens with two attached hydrogens (primary N) is 2. The predicted molar refractivity (Wildman–Crippen MR) is 93.6 cm³/mol. The van der Waals surface area contributed by atoms with Crippen molar-refractivity contribution in [2.45, 2.75) is 6.18 Å². The summed E-state index contributed by atoms with van der Waals surface area (Å²) in [7, 11) is 0. The van der Waals surface area contributed by atoms with Crippen molar-refractivity contribution < 1.29 is 27.8 Å². The Morgan fingerprint density at radius 3 is 2.63 bits per heavy atom. The van der Waals surface area contributed by atoms with Crippen LogP contribution < -0.4 is 32.3 Å². The van der Waals surface area contributed by atoms with Gasteiger partial charge < -0.3 is 10.1 Å². The van der Waals surface area contributed by atoms with Crippen molar-refractivity contribution in [2.75, 3.05) is 11.9 Å². The molecule has 2 aromatic rings. The Kier molecular flexibility index (Phi) is 6.48. The summed E-state index contributed by atoms with van der Waals surface area (Å²) in [5, 5.41) is 4.36. The van der Waals surface area contributed by atoms with Gasteiger partial charge in [-0.15, -0.1) is 0 Å². The fourth-order valence-corrected chi connectivity index (χ4v) is 2.29. The van der Waals surface area contributed by atoms with Gasteiger partial charge in [0.05, 0.1) is 16.1 Å². The van der Waals surface area contributed by atoms with Crippen LogP contribution in [-0.2, 0) is 11.0 Å². The van der Waals surface area contributed by atoms with E-state index in [1.165, 1.54) is 6.07 Å². The Balaban J connectivity index is 2.01. The number of carbonyl (C=O) groups excluding carboxylic acids is 1. The van der Waals surface area contributed by atoms with E-state index >= 15 is 0 Å². The van der Waals surface area contributed by atoms with Gasteiger partial charge in [-0.25, -0.2) is 5.84 Å². The zero-order valence-electron chi connectivity index (χ0n) is 13.7. The zero-order valence-corrected chi connectivity index (χ0v) is 14.5. The number of anilines is 1. The van der Waals surface area contributed by atoms with E-state index < -0.39 is 29.3 Å². The van der Waals surface area contributed by atoms with E-state index in [0.29, 0.717) is 11.3 Å². The molecule has 7 N–H and O–H groups in total. The quantitative estimate of drug-likeness (QED) is 0.209. The average Bonchev–Trinajstić information content (AvgIpc) is 2.61. The topological polar surface area (TPSA) is 116 Å². The average molecular weight is 403 g/mol. The first kappa shape index (κ1) is 20.3. The van der Waals surface area contributed by atoms with Gasteiger partial charge in [0.15, 0.2) is 6.61 Å². The largest absolute Gasteiger partial charge is 0.484 e. The molecule has 11 heteroatoms. The lowest BCUT2D eigenvalue weighted by Crippen LogP contribution is -2.87. The highest BCUT2D eigenvalue weighted by atomic mass is 35.5. The summed E-state index contributed by atoms with van der Waals surface area (Å²) in [6, 6.07) is 9.53. The minimum atomic E-state index is -4.63. The van der Waals surface area contributed by atoms with Crippen LogP contribution in [0.1, 0.15) is 11.1 Å². The van der Waals surface area contributed by atoms with Gasteiger partial charge in [0.1, 0.15) is 5.75 Å². The van der Waals surface area contributed by atoms with Gasteiger partial charge in [-0.1, -0.05) is 17.7 Å². The molecule has 0 aromatic heterocycles. The van der Waals surface area contributed by atoms with Crippen LogP contribution >= 0.6 is 11.6 Å². The summed E-state index contributed by atoms with van der Waals surface area (Å²) >= 11 is 5.53. The molecule has 0 radical (unpaired) electrons. The molecule has 144 valence electrons. The molecule has 0 saturated carbocycles. The molecule has 0 aliphatic heterocycles. The highest BCUT2D eigenvalue weighted by Crippen LogP contribution is 2.36. The minimum Gasteiger partial charge on any atom is -0.484 e. The van der Waals surface area contributed by atoms with E-state index in [1.54, 1.807) is 24.3 Å². The number of amides is 1. The Morgan fingerprint density at radius 1 is 1.22 bits per heavy atom. The van der Waals surface area contributed by atoms with E-state index in [1.807, 2.05) is 0 Å². The van der Waals surface area contributed by atoms with Gasteiger partial charge in [0.25, 0.3) is 11.7 Å². The second kappa shape index (κ2) is 8.60. The lowest BCUT2D eigenvalue weighted by Gasteiger charge is -2.12. The highest BCUT2D eigenvalue weighted by molar-refractivity contribution is 6.31. The lowest BCUT2D eigenvalue weighted by atomic mass is 10.2. The molecule has 0 bridgehead atoms. The monoisotopic (exact) mass is 402 g/mol. The maximum Gasteiger partial charge on any atom is 0.417 e. The minimum absolute atomic E-state index is 0.0510. The summed E-state index contributed by atoms with van der Waals surface area (Å²) < 4.78 is 43.8. The Hall–Kier alpha value is -2.98. The molecule has 0 aliphatic carbocycles. The van der Waals surface area contributed by atoms with Crippen molar-refractivity contribution in [3.8, 4) is 5.75 Å². The van der Waals surface area contributed by atoms with Gasteiger partial charge in [0, 0.05) is 5.69 Å². The van der Waals surface area contributed by atoms with Crippen molar-refractivity contribution in [1.82, 2.24) is 5.53 Å². The third kappa shape index (κ3) is 5.76. The van der Waals surface area contributed by atoms with Crippen LogP contribution in [0.25, 0.3) is 0 Å². The number of halogens is 4. The Morgan fingerprint density at radius 2 is 1.96 bits per heavy atom. The van der Waals surface area contributed by atoms with Crippen LogP contribution in [0.15, 0.2) is 42.5 Å². The van der Waals surface area contributed by atoms with Gasteiger partial charge in [-0.05, 0) is 36.4 Å². The molecule has 0 fully saturated rings. The number of hydrogen-bond acceptors (Lipinski definition) is 4. The molecule has 7 nitrogen and oxygen atoms in total. The number of hydrazone groups is 1. The highest BCUT2D eigenvalue weighted by Gasteiger charge is 2.33. The molecule has 0 saturated heterocycles. The Labute approximate surface area is 157 Å². The first-order valence-electron chi connectivity index (χ1n) is 7.44. The van der Waals surface area contributed by atoms with Crippen molar-refractivity contribution in [1.29, 1.82) is 0 Å². The van der Waals surface area contributed by atoms with Crippen LogP contribution in [0.5, 0.6) is 5.75 Å². The molecule has 1 amide bonds. The third-order valence-corrected chi connectivity index (χ3v) is 3.61. The van der Waals surface area contributed by atoms with Gasteiger partial charge in [0.2, 0.25) is 0 Å². The lowest BCUT2D eigenvalue weighted by molar-refractivity contribution is -0.528. The summed E-state index contributed by atoms with van der Waals surface area (Å²) in [4.78, 5) is 11.9. The first-order valence-corrected chi connectivity index (χ1v) is 7.82. The fraction of sp³-hybridized carbons (Fsp3) is 0.125. The Bertz CT molecular complexity index is 858. The number of ether oxygens (including phenoxy) is 1. The molecule has 27 heavy (non-hydrogen) atoms. The number of nitrogens with one attached hydrogen (secondary N) is 3. The van der Waals surface area contributed by atoms with Crippen molar-refractivity contribution >= 4 is 29.0 Å².